The van der Waals surface area contributed by atoms with E-state index >= 15 is 0 Å². The molecule has 1 aliphatic heterocycles. The average Bonchev–Trinajstić information content (AvgIpc) is 2.10. The Bertz CT molecular complexity index is 151. The highest BCUT2D eigenvalue weighted by Crippen LogP contribution is 2.21. The number of likely N-dealkylation sites (tertiary alicyclic amines) is 1. The van der Waals surface area contributed by atoms with Gasteiger partial charge in [-0.2, -0.15) is 0 Å². The summed E-state index contributed by atoms with van der Waals surface area (Å²) in [6.45, 7) is 6.31. The van der Waals surface area contributed by atoms with Crippen LogP contribution < -0.4 is 5.32 Å². The molecule has 13 heavy (non-hydrogen) atoms. The summed E-state index contributed by atoms with van der Waals surface area (Å²) in [5.41, 5.74) is 0. The molecule has 0 saturated carbocycles. The van der Waals surface area contributed by atoms with Crippen molar-refractivity contribution in [1.82, 2.24) is 10.2 Å². The van der Waals surface area contributed by atoms with Crippen molar-refractivity contribution in [2.24, 2.45) is 0 Å². The third kappa shape index (κ3) is 2.99. The number of hydrogen-bond donors (Lipinski definition) is 1. The minimum atomic E-state index is 0.678. The van der Waals surface area contributed by atoms with Gasteiger partial charge in [-0.25, -0.2) is 0 Å². The van der Waals surface area contributed by atoms with Crippen LogP contribution >= 0.6 is 0 Å². The standard InChI is InChI=1S/C10H20N2O/c1-9-4-3-5-10(2)12(9)7-6-11-8-13/h8-10H,3-7H2,1-2H3,(H,11,13)/t9-,10-/m0/s1. The number of rotatable bonds is 4. The Morgan fingerprint density at radius 2 is 2.00 bits per heavy atom. The van der Waals surface area contributed by atoms with E-state index < -0.39 is 0 Å². The van der Waals surface area contributed by atoms with Gasteiger partial charge in [0.05, 0.1) is 0 Å². The largest absolute Gasteiger partial charge is 0.357 e. The van der Waals surface area contributed by atoms with Crippen molar-refractivity contribution >= 4 is 6.41 Å². The van der Waals surface area contributed by atoms with E-state index in [1.54, 1.807) is 0 Å². The van der Waals surface area contributed by atoms with Gasteiger partial charge in [0.2, 0.25) is 6.41 Å². The van der Waals surface area contributed by atoms with E-state index in [2.05, 4.69) is 24.1 Å². The van der Waals surface area contributed by atoms with E-state index in [9.17, 15) is 4.79 Å². The topological polar surface area (TPSA) is 32.3 Å². The van der Waals surface area contributed by atoms with Gasteiger partial charge in [0.25, 0.3) is 0 Å². The minimum Gasteiger partial charge on any atom is -0.357 e. The molecule has 0 radical (unpaired) electrons. The Kier molecular flexibility index (Phi) is 4.22. The number of nitrogens with one attached hydrogen (secondary N) is 1. The van der Waals surface area contributed by atoms with Crippen molar-refractivity contribution in [2.75, 3.05) is 13.1 Å². The van der Waals surface area contributed by atoms with E-state index in [0.717, 1.165) is 19.5 Å². The summed E-state index contributed by atoms with van der Waals surface area (Å²) in [7, 11) is 0. The summed E-state index contributed by atoms with van der Waals surface area (Å²) >= 11 is 0. The number of hydrogen-bond acceptors (Lipinski definition) is 2. The molecule has 0 unspecified atom stereocenters. The van der Waals surface area contributed by atoms with Crippen molar-refractivity contribution in [3.8, 4) is 0 Å². The van der Waals surface area contributed by atoms with Gasteiger partial charge in [-0.05, 0) is 26.7 Å². The van der Waals surface area contributed by atoms with Crippen LogP contribution in [-0.4, -0.2) is 36.5 Å². The maximum Gasteiger partial charge on any atom is 0.207 e. The maximum absolute atomic E-state index is 10.1. The number of nitrogens with zero attached hydrogens (tertiary/aromatic N) is 1. The van der Waals surface area contributed by atoms with Gasteiger partial charge in [-0.3, -0.25) is 9.69 Å². The second-order valence-electron chi connectivity index (χ2n) is 3.94. The first-order valence-electron chi connectivity index (χ1n) is 5.18. The van der Waals surface area contributed by atoms with Crippen molar-refractivity contribution in [3.05, 3.63) is 0 Å². The molecule has 1 N–H and O–H groups in total. The zero-order valence-corrected chi connectivity index (χ0v) is 8.62. The van der Waals surface area contributed by atoms with Crippen molar-refractivity contribution in [1.29, 1.82) is 0 Å². The first-order valence-corrected chi connectivity index (χ1v) is 5.18. The van der Waals surface area contributed by atoms with Gasteiger partial charge in [-0.15, -0.1) is 0 Å². The average molecular weight is 184 g/mol. The Balaban J connectivity index is 2.30. The fraction of sp³-hybridized carbons (Fsp3) is 0.900. The highest BCUT2D eigenvalue weighted by atomic mass is 16.1. The van der Waals surface area contributed by atoms with E-state index in [0.29, 0.717) is 12.1 Å². The van der Waals surface area contributed by atoms with Crippen LogP contribution in [0.3, 0.4) is 0 Å². The summed E-state index contributed by atoms with van der Waals surface area (Å²) < 4.78 is 0. The lowest BCUT2D eigenvalue weighted by Gasteiger charge is -2.38. The predicted octanol–water partition coefficient (Wildman–Crippen LogP) is 0.995. The molecule has 2 atom stereocenters. The quantitative estimate of drug-likeness (QED) is 0.522. The molecule has 0 aliphatic carbocycles. The van der Waals surface area contributed by atoms with Gasteiger partial charge in [-0.1, -0.05) is 6.42 Å². The van der Waals surface area contributed by atoms with Crippen LogP contribution in [0.5, 0.6) is 0 Å². The number of carbonyl (C=O) groups excluding carboxylic acids is 1. The minimum absolute atomic E-state index is 0.678. The summed E-state index contributed by atoms with van der Waals surface area (Å²) in [5.74, 6) is 0. The molecule has 1 saturated heterocycles. The highest BCUT2D eigenvalue weighted by molar-refractivity contribution is 5.45. The van der Waals surface area contributed by atoms with E-state index in [-0.39, 0.29) is 0 Å². The molecule has 1 fully saturated rings. The van der Waals surface area contributed by atoms with Crippen LogP contribution in [0.4, 0.5) is 0 Å². The fourth-order valence-corrected chi connectivity index (χ4v) is 2.17. The smallest absolute Gasteiger partial charge is 0.207 e. The molecule has 1 rings (SSSR count). The molecule has 3 heteroatoms. The third-order valence-corrected chi connectivity index (χ3v) is 2.97. The van der Waals surface area contributed by atoms with Crippen LogP contribution in [0.1, 0.15) is 33.1 Å². The molecule has 0 spiro atoms. The van der Waals surface area contributed by atoms with Crippen molar-refractivity contribution in [2.45, 2.75) is 45.2 Å². The zero-order valence-electron chi connectivity index (χ0n) is 8.62. The molecular weight excluding hydrogens is 164 g/mol. The summed E-state index contributed by atoms with van der Waals surface area (Å²) in [4.78, 5) is 12.6. The van der Waals surface area contributed by atoms with Crippen LogP contribution in [-0.2, 0) is 4.79 Å². The number of carbonyl (C=O) groups is 1. The monoisotopic (exact) mass is 184 g/mol. The lowest BCUT2D eigenvalue weighted by atomic mass is 9.98. The third-order valence-electron chi connectivity index (χ3n) is 2.97. The van der Waals surface area contributed by atoms with Gasteiger partial charge in [0.1, 0.15) is 0 Å². The van der Waals surface area contributed by atoms with Gasteiger partial charge >= 0.3 is 0 Å². The molecule has 3 nitrogen and oxygen atoms in total. The Morgan fingerprint density at radius 3 is 2.54 bits per heavy atom. The molecule has 1 amide bonds. The molecule has 0 bridgehead atoms. The molecule has 0 aromatic carbocycles. The Morgan fingerprint density at radius 1 is 1.38 bits per heavy atom. The maximum atomic E-state index is 10.1. The normalized spacial score (nSPS) is 30.0. The van der Waals surface area contributed by atoms with Gasteiger partial charge in [0.15, 0.2) is 0 Å². The number of piperidine rings is 1. The van der Waals surface area contributed by atoms with Crippen LogP contribution in [0, 0.1) is 0 Å². The SMILES string of the molecule is C[C@H]1CCC[C@H](C)N1CCNC=O. The van der Waals surface area contributed by atoms with E-state index in [4.69, 9.17) is 0 Å². The molecule has 1 heterocycles. The second kappa shape index (κ2) is 5.22. The molecule has 0 aromatic rings. The fourth-order valence-electron chi connectivity index (χ4n) is 2.17. The molecular formula is C10H20N2O. The lowest BCUT2D eigenvalue weighted by molar-refractivity contribution is -0.109. The first kappa shape index (κ1) is 10.5. The van der Waals surface area contributed by atoms with E-state index in [1.807, 2.05) is 0 Å². The van der Waals surface area contributed by atoms with Crippen molar-refractivity contribution in [3.63, 3.8) is 0 Å². The first-order chi connectivity index (χ1) is 6.25. The summed E-state index contributed by atoms with van der Waals surface area (Å²) in [6, 6.07) is 1.36. The Hall–Kier alpha value is -0.570. The Labute approximate surface area is 80.5 Å². The second-order valence-corrected chi connectivity index (χ2v) is 3.94. The number of amides is 1. The predicted molar refractivity (Wildman–Crippen MR) is 53.5 cm³/mol. The van der Waals surface area contributed by atoms with Gasteiger partial charge in [0, 0.05) is 25.2 Å². The summed E-state index contributed by atoms with van der Waals surface area (Å²) in [5, 5.41) is 2.71. The molecule has 0 aromatic heterocycles. The highest BCUT2D eigenvalue weighted by Gasteiger charge is 2.23. The van der Waals surface area contributed by atoms with Crippen LogP contribution in [0.15, 0.2) is 0 Å². The van der Waals surface area contributed by atoms with Gasteiger partial charge < -0.3 is 5.32 Å². The lowest BCUT2D eigenvalue weighted by Crippen LogP contribution is -2.46. The van der Waals surface area contributed by atoms with Crippen molar-refractivity contribution < 1.29 is 4.79 Å². The molecule has 76 valence electrons. The molecule has 1 aliphatic rings. The summed E-state index contributed by atoms with van der Waals surface area (Å²) in [6.07, 6.45) is 4.72. The van der Waals surface area contributed by atoms with Crippen LogP contribution in [0.2, 0.25) is 0 Å². The van der Waals surface area contributed by atoms with Crippen LogP contribution in [0.25, 0.3) is 0 Å². The zero-order chi connectivity index (χ0) is 9.68. The van der Waals surface area contributed by atoms with E-state index in [1.165, 1.54) is 19.3 Å².